The van der Waals surface area contributed by atoms with Gasteiger partial charge >= 0.3 is 0 Å². The van der Waals surface area contributed by atoms with E-state index in [4.69, 9.17) is 22.5 Å². The third-order valence-corrected chi connectivity index (χ3v) is 4.91. The average molecular weight is 381 g/mol. The van der Waals surface area contributed by atoms with Crippen molar-refractivity contribution < 1.29 is 9.98 Å². The maximum atomic E-state index is 9.96. The van der Waals surface area contributed by atoms with Crippen LogP contribution in [0.25, 0.3) is 0 Å². The Morgan fingerprint density at radius 3 is 2.58 bits per heavy atom. The van der Waals surface area contributed by atoms with Crippen LogP contribution in [0.15, 0.2) is 24.3 Å². The molecule has 0 amide bonds. The third-order valence-electron chi connectivity index (χ3n) is 4.67. The predicted octanol–water partition coefficient (Wildman–Crippen LogP) is 3.74. The Morgan fingerprint density at radius 1 is 1.38 bits per heavy atom. The highest BCUT2D eigenvalue weighted by Crippen LogP contribution is 2.42. The minimum atomic E-state index is -0.269. The molecular formula is C19H29ClN4O2. The summed E-state index contributed by atoms with van der Waals surface area (Å²) < 4.78 is 0. The number of rotatable bonds is 6. The van der Waals surface area contributed by atoms with Gasteiger partial charge in [0.15, 0.2) is 0 Å². The van der Waals surface area contributed by atoms with Crippen molar-refractivity contribution in [2.75, 3.05) is 0 Å². The van der Waals surface area contributed by atoms with Crippen LogP contribution >= 0.6 is 11.6 Å². The molecule has 1 heterocycles. The van der Waals surface area contributed by atoms with Gasteiger partial charge in [-0.25, -0.2) is 0 Å². The quantitative estimate of drug-likeness (QED) is 0.577. The van der Waals surface area contributed by atoms with Crippen LogP contribution in [0.5, 0.6) is 0 Å². The van der Waals surface area contributed by atoms with E-state index in [2.05, 4.69) is 37.1 Å². The molecule has 144 valence electrons. The molecule has 7 heteroatoms. The largest absolute Gasteiger partial charge is 0.295 e. The minimum absolute atomic E-state index is 0.00883. The maximum Gasteiger partial charge on any atom is 0.0962 e. The van der Waals surface area contributed by atoms with Crippen molar-refractivity contribution >= 4 is 11.6 Å². The van der Waals surface area contributed by atoms with Crippen LogP contribution in [0.2, 0.25) is 5.02 Å². The molecule has 6 nitrogen and oxygen atoms in total. The van der Waals surface area contributed by atoms with Crippen LogP contribution in [-0.2, 0) is 9.98 Å². The number of benzene rings is 1. The van der Waals surface area contributed by atoms with Crippen LogP contribution in [0.4, 0.5) is 0 Å². The molecule has 1 aliphatic rings. The first-order valence-electron chi connectivity index (χ1n) is 8.91. The zero-order chi connectivity index (χ0) is 19.5. The van der Waals surface area contributed by atoms with Crippen molar-refractivity contribution in [1.82, 2.24) is 10.4 Å². The van der Waals surface area contributed by atoms with Crippen LogP contribution in [0, 0.1) is 22.7 Å². The molecule has 1 fully saturated rings. The monoisotopic (exact) mass is 380 g/mol. The number of hydrogen-bond donors (Lipinski definition) is 2. The van der Waals surface area contributed by atoms with Crippen molar-refractivity contribution in [2.24, 2.45) is 17.2 Å². The van der Waals surface area contributed by atoms with Crippen molar-refractivity contribution in [1.29, 1.82) is 5.26 Å². The summed E-state index contributed by atoms with van der Waals surface area (Å²) in [5.74, 6) is 4.80. The van der Waals surface area contributed by atoms with E-state index in [0.717, 1.165) is 12.0 Å². The van der Waals surface area contributed by atoms with E-state index in [1.54, 1.807) is 5.06 Å². The number of halogens is 1. The summed E-state index contributed by atoms with van der Waals surface area (Å²) in [6, 6.07) is 10.2. The lowest BCUT2D eigenvalue weighted by atomic mass is 9.79. The molecule has 4 unspecified atom stereocenters. The summed E-state index contributed by atoms with van der Waals surface area (Å²) in [5, 5.41) is 15.9. The van der Waals surface area contributed by atoms with Gasteiger partial charge in [0.1, 0.15) is 0 Å². The first-order valence-corrected chi connectivity index (χ1v) is 9.28. The lowest BCUT2D eigenvalue weighted by molar-refractivity contribution is -0.451. The molecule has 4 atom stereocenters. The van der Waals surface area contributed by atoms with Crippen molar-refractivity contribution in [3.63, 3.8) is 0 Å². The van der Waals surface area contributed by atoms with E-state index in [9.17, 15) is 5.26 Å². The standard InChI is InChI=1S/C19H29ClN4O2/c1-12(2)24(26-25-22)18-17(13-7-6-8-14(20)9-13)15(11-21)16(23-18)10-19(3,4)5/h6-9,12,15-18,23H,10,22H2,1-5H3. The van der Waals surface area contributed by atoms with Gasteiger partial charge in [0, 0.05) is 23.0 Å². The third kappa shape index (κ3) is 4.95. The summed E-state index contributed by atoms with van der Waals surface area (Å²) in [4.78, 5) is 9.71. The molecule has 0 bridgehead atoms. The minimum Gasteiger partial charge on any atom is -0.295 e. The van der Waals surface area contributed by atoms with Crippen molar-refractivity contribution in [3.05, 3.63) is 34.9 Å². The fourth-order valence-electron chi connectivity index (χ4n) is 3.73. The molecule has 3 N–H and O–H groups in total. The van der Waals surface area contributed by atoms with Crippen LogP contribution in [-0.4, -0.2) is 23.3 Å². The number of nitrogens with two attached hydrogens (primary N) is 1. The lowest BCUT2D eigenvalue weighted by Crippen LogP contribution is -2.50. The Hall–Kier alpha value is -1.20. The lowest BCUT2D eigenvalue weighted by Gasteiger charge is -2.33. The van der Waals surface area contributed by atoms with Gasteiger partial charge in [0.25, 0.3) is 0 Å². The first-order chi connectivity index (χ1) is 12.2. The second kappa shape index (κ2) is 8.66. The molecule has 2 rings (SSSR count). The normalized spacial score (nSPS) is 26.5. The van der Waals surface area contributed by atoms with E-state index in [-0.39, 0.29) is 35.5 Å². The van der Waals surface area contributed by atoms with E-state index in [1.807, 2.05) is 38.1 Å². The Labute approximate surface area is 161 Å². The van der Waals surface area contributed by atoms with Gasteiger partial charge in [-0.3, -0.25) is 5.32 Å². The summed E-state index contributed by atoms with van der Waals surface area (Å²) >= 11 is 6.22. The fraction of sp³-hybridized carbons (Fsp3) is 0.632. The highest BCUT2D eigenvalue weighted by Gasteiger charge is 2.48. The van der Waals surface area contributed by atoms with Crippen molar-refractivity contribution in [2.45, 2.75) is 65.2 Å². The second-order valence-corrected chi connectivity index (χ2v) is 8.78. The maximum absolute atomic E-state index is 9.96. The molecule has 0 aliphatic carbocycles. The summed E-state index contributed by atoms with van der Waals surface area (Å²) in [6.45, 7) is 10.5. The molecule has 0 spiro atoms. The van der Waals surface area contributed by atoms with Gasteiger partial charge in [0.05, 0.1) is 18.2 Å². The van der Waals surface area contributed by atoms with Crippen LogP contribution in [0.1, 0.15) is 52.5 Å². The average Bonchev–Trinajstić information content (AvgIpc) is 2.88. The topological polar surface area (TPSA) is 83.5 Å². The van der Waals surface area contributed by atoms with Gasteiger partial charge in [0.2, 0.25) is 0 Å². The van der Waals surface area contributed by atoms with E-state index >= 15 is 0 Å². The second-order valence-electron chi connectivity index (χ2n) is 8.34. The number of hydrogen-bond acceptors (Lipinski definition) is 6. The number of hydroxylamine groups is 2. The van der Waals surface area contributed by atoms with Gasteiger partial charge in [-0.05, 0) is 43.4 Å². The highest BCUT2D eigenvalue weighted by molar-refractivity contribution is 6.30. The van der Waals surface area contributed by atoms with Gasteiger partial charge in [-0.15, -0.1) is 15.0 Å². The molecule has 1 aromatic rings. The van der Waals surface area contributed by atoms with E-state index in [1.165, 1.54) is 0 Å². The molecule has 1 saturated heterocycles. The van der Waals surface area contributed by atoms with Crippen molar-refractivity contribution in [3.8, 4) is 6.07 Å². The van der Waals surface area contributed by atoms with Crippen LogP contribution in [0.3, 0.4) is 0 Å². The highest BCUT2D eigenvalue weighted by atomic mass is 35.5. The first kappa shape index (κ1) is 21.1. The number of nitriles is 1. The summed E-state index contributed by atoms with van der Waals surface area (Å²) in [7, 11) is 0. The van der Waals surface area contributed by atoms with E-state index in [0.29, 0.717) is 5.02 Å². The molecule has 1 aromatic carbocycles. The smallest absolute Gasteiger partial charge is 0.0962 e. The molecule has 1 aliphatic heterocycles. The predicted molar refractivity (Wildman–Crippen MR) is 101 cm³/mol. The van der Waals surface area contributed by atoms with Crippen LogP contribution < -0.4 is 11.2 Å². The fourth-order valence-corrected chi connectivity index (χ4v) is 3.93. The van der Waals surface area contributed by atoms with Gasteiger partial charge in [-0.1, -0.05) is 44.5 Å². The molecule has 0 saturated carbocycles. The SMILES string of the molecule is CC(C)N(OON)C1NC(CC(C)(C)C)C(C#N)C1c1cccc(Cl)c1. The number of nitrogens with zero attached hydrogens (tertiary/aromatic N) is 2. The zero-order valence-corrected chi connectivity index (χ0v) is 16.8. The Morgan fingerprint density at radius 2 is 2.08 bits per heavy atom. The molecule has 0 radical (unpaired) electrons. The Balaban J connectivity index is 2.46. The Kier molecular flexibility index (Phi) is 7.03. The Bertz CT molecular complexity index is 641. The number of nitrogens with one attached hydrogen (secondary N) is 1. The van der Waals surface area contributed by atoms with Gasteiger partial charge < -0.3 is 0 Å². The molecule has 26 heavy (non-hydrogen) atoms. The van der Waals surface area contributed by atoms with E-state index < -0.39 is 0 Å². The molecular weight excluding hydrogens is 352 g/mol. The van der Waals surface area contributed by atoms with Gasteiger partial charge in [-0.2, -0.15) is 11.2 Å². The summed E-state index contributed by atoms with van der Waals surface area (Å²) in [6.07, 6.45) is 0.586. The zero-order valence-electron chi connectivity index (χ0n) is 16.1. The molecule has 0 aromatic heterocycles. The summed E-state index contributed by atoms with van der Waals surface area (Å²) in [5.41, 5.74) is 1.07.